The number of hydrogen-bond donors (Lipinski definition) is 1. The van der Waals surface area contributed by atoms with Gasteiger partial charge in [-0.15, -0.1) is 0 Å². The second kappa shape index (κ2) is 12.8. The number of rotatable bonds is 11. The van der Waals surface area contributed by atoms with Gasteiger partial charge in [0.2, 0.25) is 5.91 Å². The number of para-hydroxylation sites is 1. The fourth-order valence-electron chi connectivity index (χ4n) is 4.54. The molecule has 0 aliphatic rings. The fourth-order valence-corrected chi connectivity index (χ4v) is 4.54. The number of fused-ring (bicyclic) bond motifs is 1. The third-order valence-electron chi connectivity index (χ3n) is 6.73. The molecule has 0 spiro atoms. The molecule has 202 valence electrons. The van der Waals surface area contributed by atoms with Crippen molar-refractivity contribution in [3.63, 3.8) is 0 Å². The maximum atomic E-state index is 13.0. The highest BCUT2D eigenvalue weighted by atomic mass is 16.5. The Morgan fingerprint density at radius 1 is 0.750 bits per heavy atom. The van der Waals surface area contributed by atoms with E-state index in [1.165, 1.54) is 5.56 Å². The molecule has 5 rings (SSSR count). The summed E-state index contributed by atoms with van der Waals surface area (Å²) in [7, 11) is 3.27. The Morgan fingerprint density at radius 2 is 1.40 bits per heavy atom. The molecule has 0 fully saturated rings. The summed E-state index contributed by atoms with van der Waals surface area (Å²) in [6, 6.07) is 33.4. The van der Waals surface area contributed by atoms with Crippen LogP contribution in [0.1, 0.15) is 12.0 Å². The lowest BCUT2D eigenvalue weighted by Crippen LogP contribution is -2.31. The Kier molecular flexibility index (Phi) is 8.51. The molecule has 0 aliphatic carbocycles. The van der Waals surface area contributed by atoms with Gasteiger partial charge < -0.3 is 19.7 Å². The molecule has 0 saturated carbocycles. The summed E-state index contributed by atoms with van der Waals surface area (Å²) in [5.41, 5.74) is 3.71. The summed E-state index contributed by atoms with van der Waals surface area (Å²) in [6.45, 7) is 1.20. The molecular weight excluding hydrogens is 500 g/mol. The van der Waals surface area contributed by atoms with Gasteiger partial charge in [0, 0.05) is 36.1 Å². The van der Waals surface area contributed by atoms with Gasteiger partial charge in [0.15, 0.2) is 5.82 Å². The van der Waals surface area contributed by atoms with E-state index < -0.39 is 0 Å². The first kappa shape index (κ1) is 26.7. The Bertz CT molecular complexity index is 1560. The Balaban J connectivity index is 1.44. The van der Waals surface area contributed by atoms with E-state index in [1.54, 1.807) is 14.2 Å². The molecule has 40 heavy (non-hydrogen) atoms. The number of benzene rings is 4. The molecule has 4 aromatic carbocycles. The highest BCUT2D eigenvalue weighted by Crippen LogP contribution is 2.29. The number of nitrogens with zero attached hydrogens (tertiary/aromatic N) is 3. The van der Waals surface area contributed by atoms with Crippen LogP contribution in [0.2, 0.25) is 0 Å². The zero-order valence-electron chi connectivity index (χ0n) is 22.7. The largest absolute Gasteiger partial charge is 0.497 e. The van der Waals surface area contributed by atoms with E-state index in [2.05, 4.69) is 22.3 Å². The number of carbonyl (C=O) groups excluding carboxylic acids is 1. The third-order valence-corrected chi connectivity index (χ3v) is 6.73. The van der Waals surface area contributed by atoms with E-state index >= 15 is 0 Å². The van der Waals surface area contributed by atoms with Crippen molar-refractivity contribution in [3.05, 3.63) is 109 Å². The van der Waals surface area contributed by atoms with Gasteiger partial charge in [-0.25, -0.2) is 9.97 Å². The number of aromatic nitrogens is 2. The first-order valence-electron chi connectivity index (χ1n) is 13.3. The lowest BCUT2D eigenvalue weighted by Gasteiger charge is -2.25. The van der Waals surface area contributed by atoms with Crippen molar-refractivity contribution in [2.75, 3.05) is 37.5 Å². The van der Waals surface area contributed by atoms with Crippen LogP contribution in [-0.4, -0.2) is 43.2 Å². The predicted molar refractivity (Wildman–Crippen MR) is 160 cm³/mol. The minimum absolute atomic E-state index is 0.0661. The van der Waals surface area contributed by atoms with Gasteiger partial charge in [0.25, 0.3) is 0 Å². The quantitative estimate of drug-likeness (QED) is 0.212. The molecule has 5 aromatic rings. The third kappa shape index (κ3) is 6.56. The maximum absolute atomic E-state index is 13.0. The molecule has 0 aliphatic heterocycles. The number of nitrogens with one attached hydrogen (secondary N) is 1. The van der Waals surface area contributed by atoms with Crippen molar-refractivity contribution in [1.82, 2.24) is 9.97 Å². The molecule has 0 bridgehead atoms. The number of anilines is 2. The number of amides is 1. The SMILES string of the molecule is COc1ccc(NC(=O)CCN(CCc2ccccc2)c2nc(-c3ccc(OC)cc3)nc3ccccc23)cc1. The van der Waals surface area contributed by atoms with Gasteiger partial charge >= 0.3 is 0 Å². The smallest absolute Gasteiger partial charge is 0.226 e. The van der Waals surface area contributed by atoms with Gasteiger partial charge in [-0.1, -0.05) is 42.5 Å². The van der Waals surface area contributed by atoms with Crippen molar-refractivity contribution < 1.29 is 14.3 Å². The minimum Gasteiger partial charge on any atom is -0.497 e. The van der Waals surface area contributed by atoms with Gasteiger partial charge in [0.1, 0.15) is 17.3 Å². The van der Waals surface area contributed by atoms with E-state index in [0.717, 1.165) is 45.9 Å². The summed E-state index contributed by atoms with van der Waals surface area (Å²) in [5, 5.41) is 3.94. The summed E-state index contributed by atoms with van der Waals surface area (Å²) >= 11 is 0. The van der Waals surface area contributed by atoms with Crippen LogP contribution in [0.5, 0.6) is 11.5 Å². The van der Waals surface area contributed by atoms with E-state index in [1.807, 2.05) is 91.0 Å². The van der Waals surface area contributed by atoms with Crippen LogP contribution in [0, 0.1) is 0 Å². The lowest BCUT2D eigenvalue weighted by atomic mass is 10.1. The van der Waals surface area contributed by atoms with Crippen molar-refractivity contribution in [2.45, 2.75) is 12.8 Å². The van der Waals surface area contributed by atoms with Crippen LogP contribution < -0.4 is 19.7 Å². The minimum atomic E-state index is -0.0661. The Labute approximate surface area is 234 Å². The average molecular weight is 533 g/mol. The molecule has 1 heterocycles. The lowest BCUT2D eigenvalue weighted by molar-refractivity contribution is -0.116. The van der Waals surface area contributed by atoms with Crippen molar-refractivity contribution in [2.24, 2.45) is 0 Å². The molecule has 1 amide bonds. The first-order chi connectivity index (χ1) is 19.6. The topological polar surface area (TPSA) is 76.6 Å². The van der Waals surface area contributed by atoms with Crippen LogP contribution >= 0.6 is 0 Å². The van der Waals surface area contributed by atoms with E-state index in [0.29, 0.717) is 25.3 Å². The van der Waals surface area contributed by atoms with Crippen LogP contribution in [0.4, 0.5) is 11.5 Å². The molecule has 1 aromatic heterocycles. The molecular formula is C33H32N4O3. The van der Waals surface area contributed by atoms with E-state index in [9.17, 15) is 4.79 Å². The zero-order valence-corrected chi connectivity index (χ0v) is 22.7. The van der Waals surface area contributed by atoms with Crippen LogP contribution in [-0.2, 0) is 11.2 Å². The van der Waals surface area contributed by atoms with Gasteiger partial charge in [-0.05, 0) is 72.6 Å². The highest BCUT2D eigenvalue weighted by Gasteiger charge is 2.17. The van der Waals surface area contributed by atoms with Gasteiger partial charge in [-0.2, -0.15) is 0 Å². The van der Waals surface area contributed by atoms with Crippen LogP contribution in [0.15, 0.2) is 103 Å². The van der Waals surface area contributed by atoms with Crippen molar-refractivity contribution >= 4 is 28.3 Å². The van der Waals surface area contributed by atoms with Gasteiger partial charge in [0.05, 0.1) is 19.7 Å². The molecule has 0 saturated heterocycles. The Morgan fingerprint density at radius 3 is 2.10 bits per heavy atom. The number of carbonyl (C=O) groups is 1. The van der Waals surface area contributed by atoms with E-state index in [-0.39, 0.29) is 5.91 Å². The first-order valence-corrected chi connectivity index (χ1v) is 13.3. The summed E-state index contributed by atoms with van der Waals surface area (Å²) in [5.74, 6) is 2.89. The molecule has 0 radical (unpaired) electrons. The monoisotopic (exact) mass is 532 g/mol. The number of ether oxygens (including phenoxy) is 2. The molecule has 1 N–H and O–H groups in total. The molecule has 0 atom stereocenters. The Hall–Kier alpha value is -4.91. The fraction of sp³-hybridized carbons (Fsp3) is 0.182. The van der Waals surface area contributed by atoms with Crippen molar-refractivity contribution in [1.29, 1.82) is 0 Å². The van der Waals surface area contributed by atoms with E-state index in [4.69, 9.17) is 19.4 Å². The number of hydrogen-bond acceptors (Lipinski definition) is 6. The summed E-state index contributed by atoms with van der Waals surface area (Å²) in [4.78, 5) is 25.1. The standard InChI is InChI=1S/C33H32N4O3/c1-39-27-16-12-25(13-17-27)32-35-30-11-7-6-10-29(30)33(36-32)37(22-20-24-8-4-3-5-9-24)23-21-31(38)34-26-14-18-28(40-2)19-15-26/h3-19H,20-23H2,1-2H3,(H,34,38). The number of methoxy groups -OCH3 is 2. The van der Waals surface area contributed by atoms with Gasteiger partial charge in [-0.3, -0.25) is 4.79 Å². The maximum Gasteiger partial charge on any atom is 0.226 e. The highest BCUT2D eigenvalue weighted by molar-refractivity contribution is 5.93. The predicted octanol–water partition coefficient (Wildman–Crippen LogP) is 6.39. The molecule has 7 nitrogen and oxygen atoms in total. The second-order valence-corrected chi connectivity index (χ2v) is 9.37. The van der Waals surface area contributed by atoms with Crippen LogP contribution in [0.25, 0.3) is 22.3 Å². The normalized spacial score (nSPS) is 10.8. The van der Waals surface area contributed by atoms with Crippen LogP contribution in [0.3, 0.4) is 0 Å². The summed E-state index contributed by atoms with van der Waals surface area (Å²) < 4.78 is 10.5. The summed E-state index contributed by atoms with van der Waals surface area (Å²) in [6.07, 6.45) is 1.12. The molecule has 0 unspecified atom stereocenters. The second-order valence-electron chi connectivity index (χ2n) is 9.37. The molecule has 7 heteroatoms. The zero-order chi connectivity index (χ0) is 27.7. The van der Waals surface area contributed by atoms with Crippen molar-refractivity contribution in [3.8, 4) is 22.9 Å². The average Bonchev–Trinajstić information content (AvgIpc) is 3.01.